The summed E-state index contributed by atoms with van der Waals surface area (Å²) < 4.78 is 18.3. The largest absolute Gasteiger partial charge is 0.484 e. The number of nitrogens with zero attached hydrogens (tertiary/aromatic N) is 3. The number of imidazole rings is 1. The van der Waals surface area contributed by atoms with Crippen molar-refractivity contribution in [3.8, 4) is 5.75 Å². The minimum Gasteiger partial charge on any atom is -0.484 e. The quantitative estimate of drug-likeness (QED) is 0.479. The molecule has 5 rings (SSSR count). The van der Waals surface area contributed by atoms with Crippen LogP contribution in [0.25, 0.3) is 11.0 Å². The van der Waals surface area contributed by atoms with Crippen LogP contribution in [0.1, 0.15) is 17.0 Å². The third-order valence-electron chi connectivity index (χ3n) is 5.40. The Labute approximate surface area is 174 Å². The molecule has 0 unspecified atom stereocenters. The van der Waals surface area contributed by atoms with E-state index >= 15 is 0 Å². The second-order valence-corrected chi connectivity index (χ2v) is 7.64. The highest BCUT2D eigenvalue weighted by Gasteiger charge is 2.19. The van der Waals surface area contributed by atoms with Gasteiger partial charge in [-0.05, 0) is 41.8 Å². The Morgan fingerprint density at radius 2 is 1.97 bits per heavy atom. The molecule has 7 heteroatoms. The molecule has 0 saturated carbocycles. The standard InChI is InChI=1S/C23H24N4O3/c1-27-21-11-17(10-18-13-28-14-18)4-7-20(21)26-23(27)25-12-16-2-5-19(6-3-16)30-15-22-24-8-9-29-22/h2-9,11,18H,10,12-15H2,1H3,(H,25,26). The fourth-order valence-electron chi connectivity index (χ4n) is 3.61. The molecular weight excluding hydrogens is 380 g/mol. The summed E-state index contributed by atoms with van der Waals surface area (Å²) in [6.07, 6.45) is 4.21. The van der Waals surface area contributed by atoms with Gasteiger partial charge in [-0.3, -0.25) is 0 Å². The second-order valence-electron chi connectivity index (χ2n) is 7.64. The van der Waals surface area contributed by atoms with Gasteiger partial charge in [-0.15, -0.1) is 0 Å². The van der Waals surface area contributed by atoms with Gasteiger partial charge in [0.15, 0.2) is 6.61 Å². The average molecular weight is 404 g/mol. The molecule has 7 nitrogen and oxygen atoms in total. The van der Waals surface area contributed by atoms with E-state index in [0.29, 0.717) is 25.0 Å². The van der Waals surface area contributed by atoms with Gasteiger partial charge in [0.1, 0.15) is 12.0 Å². The molecule has 1 saturated heterocycles. The molecule has 0 aliphatic carbocycles. The van der Waals surface area contributed by atoms with E-state index in [-0.39, 0.29) is 0 Å². The van der Waals surface area contributed by atoms with Crippen LogP contribution in [0.4, 0.5) is 5.95 Å². The van der Waals surface area contributed by atoms with Gasteiger partial charge in [0.2, 0.25) is 11.8 Å². The topological polar surface area (TPSA) is 74.3 Å². The Hall–Kier alpha value is -3.32. The summed E-state index contributed by atoms with van der Waals surface area (Å²) in [5, 5.41) is 3.44. The lowest BCUT2D eigenvalue weighted by Gasteiger charge is -2.25. The SMILES string of the molecule is Cn1c(NCc2ccc(OCc3ncco3)cc2)nc2ccc(CC3COC3)cc21. The van der Waals surface area contributed by atoms with Crippen molar-refractivity contribution in [3.63, 3.8) is 0 Å². The Kier molecular flexibility index (Phi) is 5.11. The number of aryl methyl sites for hydroxylation is 1. The number of fused-ring (bicyclic) bond motifs is 1. The highest BCUT2D eigenvalue weighted by atomic mass is 16.5. The lowest BCUT2D eigenvalue weighted by atomic mass is 9.98. The van der Waals surface area contributed by atoms with Crippen molar-refractivity contribution in [1.29, 1.82) is 0 Å². The van der Waals surface area contributed by atoms with Crippen LogP contribution in [0, 0.1) is 5.92 Å². The zero-order chi connectivity index (χ0) is 20.3. The van der Waals surface area contributed by atoms with Crippen molar-refractivity contribution < 1.29 is 13.9 Å². The number of hydrogen-bond donors (Lipinski definition) is 1. The van der Waals surface area contributed by atoms with E-state index in [9.17, 15) is 0 Å². The molecule has 1 N–H and O–H groups in total. The molecule has 2 aromatic heterocycles. The normalized spacial score (nSPS) is 14.0. The van der Waals surface area contributed by atoms with Gasteiger partial charge in [0.05, 0.1) is 30.4 Å². The van der Waals surface area contributed by atoms with Crippen LogP contribution in [0.5, 0.6) is 5.75 Å². The number of nitrogens with one attached hydrogen (secondary N) is 1. The van der Waals surface area contributed by atoms with Gasteiger partial charge < -0.3 is 23.8 Å². The Balaban J connectivity index is 1.21. The van der Waals surface area contributed by atoms with Crippen molar-refractivity contribution in [1.82, 2.24) is 14.5 Å². The molecule has 30 heavy (non-hydrogen) atoms. The summed E-state index contributed by atoms with van der Waals surface area (Å²) >= 11 is 0. The monoisotopic (exact) mass is 404 g/mol. The first-order valence-corrected chi connectivity index (χ1v) is 10.1. The zero-order valence-corrected chi connectivity index (χ0v) is 16.9. The van der Waals surface area contributed by atoms with Gasteiger partial charge >= 0.3 is 0 Å². The van der Waals surface area contributed by atoms with E-state index < -0.39 is 0 Å². The van der Waals surface area contributed by atoms with Gasteiger partial charge in [-0.25, -0.2) is 9.97 Å². The Bertz CT molecular complexity index is 1120. The highest BCUT2D eigenvalue weighted by molar-refractivity contribution is 5.79. The minimum atomic E-state index is 0.320. The first-order chi connectivity index (χ1) is 14.7. The maximum absolute atomic E-state index is 5.68. The summed E-state index contributed by atoms with van der Waals surface area (Å²) in [6.45, 7) is 2.75. The number of aromatic nitrogens is 3. The summed E-state index contributed by atoms with van der Waals surface area (Å²) in [4.78, 5) is 8.79. The number of rotatable bonds is 8. The van der Waals surface area contributed by atoms with Gasteiger partial charge in [0.25, 0.3) is 0 Å². The van der Waals surface area contributed by atoms with Crippen LogP contribution in [0.2, 0.25) is 0 Å². The Morgan fingerprint density at radius 3 is 2.70 bits per heavy atom. The molecule has 0 amide bonds. The van der Waals surface area contributed by atoms with Crippen LogP contribution in [0.15, 0.2) is 59.3 Å². The van der Waals surface area contributed by atoms with Gasteiger partial charge in [-0.2, -0.15) is 0 Å². The lowest BCUT2D eigenvalue weighted by Crippen LogP contribution is -2.29. The first kappa shape index (κ1) is 18.7. The van der Waals surface area contributed by atoms with Crippen molar-refractivity contribution in [2.45, 2.75) is 19.6 Å². The van der Waals surface area contributed by atoms with E-state index in [0.717, 1.165) is 47.9 Å². The molecule has 1 aliphatic rings. The molecule has 3 heterocycles. The molecule has 0 radical (unpaired) electrons. The molecule has 1 aliphatic heterocycles. The molecule has 4 aromatic rings. The third kappa shape index (κ3) is 4.02. The van der Waals surface area contributed by atoms with Crippen LogP contribution in [0.3, 0.4) is 0 Å². The maximum Gasteiger partial charge on any atom is 0.232 e. The van der Waals surface area contributed by atoms with Crippen molar-refractivity contribution in [2.24, 2.45) is 13.0 Å². The van der Waals surface area contributed by atoms with Crippen LogP contribution in [-0.2, 0) is 31.4 Å². The first-order valence-electron chi connectivity index (χ1n) is 10.1. The van der Waals surface area contributed by atoms with E-state index in [1.807, 2.05) is 31.3 Å². The fraction of sp³-hybridized carbons (Fsp3) is 0.304. The number of benzene rings is 2. The Morgan fingerprint density at radius 1 is 1.13 bits per heavy atom. The van der Waals surface area contributed by atoms with Crippen molar-refractivity contribution in [3.05, 3.63) is 71.9 Å². The van der Waals surface area contributed by atoms with E-state index in [2.05, 4.69) is 33.1 Å². The molecule has 0 atom stereocenters. The fourth-order valence-corrected chi connectivity index (χ4v) is 3.61. The van der Waals surface area contributed by atoms with Crippen LogP contribution < -0.4 is 10.1 Å². The summed E-state index contributed by atoms with van der Waals surface area (Å²) in [5.41, 5.74) is 4.64. The molecule has 2 aromatic carbocycles. The average Bonchev–Trinajstić information content (AvgIpc) is 3.37. The number of hydrogen-bond acceptors (Lipinski definition) is 6. The zero-order valence-electron chi connectivity index (χ0n) is 16.9. The van der Waals surface area contributed by atoms with Crippen LogP contribution >= 0.6 is 0 Å². The number of anilines is 1. The second kappa shape index (κ2) is 8.20. The number of oxazole rings is 1. The summed E-state index contributed by atoms with van der Waals surface area (Å²) in [7, 11) is 2.05. The molecule has 0 spiro atoms. The smallest absolute Gasteiger partial charge is 0.232 e. The predicted octanol–water partition coefficient (Wildman–Crippen LogP) is 3.94. The van der Waals surface area contributed by atoms with Gasteiger partial charge in [0, 0.05) is 19.5 Å². The molecule has 0 bridgehead atoms. The highest BCUT2D eigenvalue weighted by Crippen LogP contribution is 2.23. The number of ether oxygens (including phenoxy) is 2. The van der Waals surface area contributed by atoms with E-state index in [1.165, 1.54) is 5.56 Å². The van der Waals surface area contributed by atoms with Crippen molar-refractivity contribution in [2.75, 3.05) is 18.5 Å². The molecular formula is C23H24N4O3. The van der Waals surface area contributed by atoms with E-state index in [4.69, 9.17) is 18.9 Å². The molecule has 154 valence electrons. The lowest BCUT2D eigenvalue weighted by molar-refractivity contribution is -0.0312. The third-order valence-corrected chi connectivity index (χ3v) is 5.40. The maximum atomic E-state index is 5.68. The predicted molar refractivity (Wildman–Crippen MR) is 113 cm³/mol. The minimum absolute atomic E-state index is 0.320. The molecule has 1 fully saturated rings. The summed E-state index contributed by atoms with van der Waals surface area (Å²) in [5.74, 6) is 2.85. The van der Waals surface area contributed by atoms with Crippen LogP contribution in [-0.4, -0.2) is 27.7 Å². The van der Waals surface area contributed by atoms with Gasteiger partial charge in [-0.1, -0.05) is 18.2 Å². The van der Waals surface area contributed by atoms with E-state index in [1.54, 1.807) is 12.5 Å². The van der Waals surface area contributed by atoms with Crippen molar-refractivity contribution >= 4 is 17.0 Å². The summed E-state index contributed by atoms with van der Waals surface area (Å²) in [6, 6.07) is 14.5.